The summed E-state index contributed by atoms with van der Waals surface area (Å²) in [7, 11) is 0. The highest BCUT2D eigenvalue weighted by atomic mass is 14.6. The van der Waals surface area contributed by atoms with Crippen molar-refractivity contribution in [1.29, 1.82) is 0 Å². The summed E-state index contributed by atoms with van der Waals surface area (Å²) in [6.45, 7) is 4.93. The highest BCUT2D eigenvalue weighted by Crippen LogP contribution is 2.66. The molecule has 5 rings (SSSR count). The van der Waals surface area contributed by atoms with Crippen molar-refractivity contribution in [3.05, 3.63) is 82.0 Å². The van der Waals surface area contributed by atoms with Crippen LogP contribution < -0.4 is 0 Å². The van der Waals surface area contributed by atoms with Gasteiger partial charge in [-0.25, -0.2) is 0 Å². The van der Waals surface area contributed by atoms with Gasteiger partial charge in [-0.3, -0.25) is 0 Å². The summed E-state index contributed by atoms with van der Waals surface area (Å²) >= 11 is 0. The van der Waals surface area contributed by atoms with Gasteiger partial charge in [-0.15, -0.1) is 0 Å². The summed E-state index contributed by atoms with van der Waals surface area (Å²) < 4.78 is 0. The second kappa shape index (κ2) is 3.93. The topological polar surface area (TPSA) is 0 Å². The van der Waals surface area contributed by atoms with Crippen LogP contribution in [0.4, 0.5) is 0 Å². The van der Waals surface area contributed by atoms with E-state index < -0.39 is 0 Å². The van der Waals surface area contributed by atoms with Crippen LogP contribution in [0.2, 0.25) is 0 Å². The average Bonchev–Trinajstić information content (AvgIpc) is 2.52. The van der Waals surface area contributed by atoms with Crippen LogP contribution in [0.3, 0.4) is 0 Å². The Morgan fingerprint density at radius 1 is 0.773 bits per heavy atom. The largest absolute Gasteiger partial charge is 0.0617 e. The van der Waals surface area contributed by atoms with Gasteiger partial charge < -0.3 is 0 Å². The Kier molecular flexibility index (Phi) is 2.27. The highest BCUT2D eigenvalue weighted by Gasteiger charge is 2.56. The van der Waals surface area contributed by atoms with Gasteiger partial charge in [0.15, 0.2) is 0 Å². The number of allylic oxidation sites excluding steroid dienone is 14. The van der Waals surface area contributed by atoms with E-state index in [4.69, 9.17) is 0 Å². The van der Waals surface area contributed by atoms with Crippen molar-refractivity contribution in [2.75, 3.05) is 0 Å². The molecule has 0 amide bonds. The third-order valence-electron chi connectivity index (χ3n) is 6.86. The van der Waals surface area contributed by atoms with E-state index in [2.05, 4.69) is 62.5 Å². The normalized spacial score (nSPS) is 37.7. The fourth-order valence-electron chi connectivity index (χ4n) is 5.35. The maximum Gasteiger partial charge on any atom is 0.0312 e. The number of hydrogen-bond acceptors (Lipinski definition) is 0. The molecule has 110 valence electrons. The van der Waals surface area contributed by atoms with Crippen molar-refractivity contribution in [1.82, 2.24) is 0 Å². The Bertz CT molecular complexity index is 803. The molecule has 1 fully saturated rings. The molecule has 0 saturated heterocycles. The molecule has 5 aliphatic carbocycles. The molecule has 0 N–H and O–H groups in total. The molecule has 2 atom stereocenters. The van der Waals surface area contributed by atoms with Gasteiger partial charge in [-0.05, 0) is 59.1 Å². The molecule has 0 aromatic heterocycles. The van der Waals surface area contributed by atoms with Crippen molar-refractivity contribution in [3.8, 4) is 0 Å². The molecule has 0 nitrogen and oxygen atoms in total. The predicted molar refractivity (Wildman–Crippen MR) is 92.3 cm³/mol. The first-order valence-electron chi connectivity index (χ1n) is 8.60. The van der Waals surface area contributed by atoms with Gasteiger partial charge in [0.2, 0.25) is 0 Å². The SMILES string of the molecule is C[C@@]12C3=CC=CC1=CC=C1C=C4CCCCC4=C(C=C3)[C@@]12C. The molecule has 0 radical (unpaired) electrons. The quantitative estimate of drug-likeness (QED) is 0.532. The second-order valence-corrected chi connectivity index (χ2v) is 7.58. The predicted octanol–water partition coefficient (Wildman–Crippen LogP) is 5.74. The van der Waals surface area contributed by atoms with Gasteiger partial charge in [-0.1, -0.05) is 62.5 Å². The van der Waals surface area contributed by atoms with E-state index in [-0.39, 0.29) is 10.8 Å². The second-order valence-electron chi connectivity index (χ2n) is 7.58. The summed E-state index contributed by atoms with van der Waals surface area (Å²) in [4.78, 5) is 0. The zero-order valence-corrected chi connectivity index (χ0v) is 13.4. The Morgan fingerprint density at radius 2 is 1.55 bits per heavy atom. The minimum Gasteiger partial charge on any atom is -0.0617 e. The van der Waals surface area contributed by atoms with E-state index in [0.29, 0.717) is 0 Å². The fourth-order valence-corrected chi connectivity index (χ4v) is 5.35. The standard InChI is InChI=1S/C22H22/c1-21-16-7-5-8-17(21)12-13-20-19-9-4-3-6-15(19)14-18(11-10-16)22(20,21)2/h5,7-8,10-14H,3-4,6,9H2,1-2H3/t21-,22+/m0/s1. The van der Waals surface area contributed by atoms with Crippen molar-refractivity contribution < 1.29 is 0 Å². The van der Waals surface area contributed by atoms with Crippen LogP contribution in [0.1, 0.15) is 39.5 Å². The van der Waals surface area contributed by atoms with Gasteiger partial charge in [0, 0.05) is 10.8 Å². The lowest BCUT2D eigenvalue weighted by atomic mass is 9.45. The number of hydrogen-bond donors (Lipinski definition) is 0. The fraction of sp³-hybridized carbons (Fsp3) is 0.364. The molecule has 0 aromatic rings. The Balaban J connectivity index is 1.89. The molecule has 0 unspecified atom stereocenters. The molecular weight excluding hydrogens is 264 g/mol. The number of fused-ring (bicyclic) bond motifs is 1. The molecule has 5 aliphatic rings. The van der Waals surface area contributed by atoms with Crippen molar-refractivity contribution in [2.24, 2.45) is 10.8 Å². The molecule has 0 spiro atoms. The third-order valence-corrected chi connectivity index (χ3v) is 6.86. The summed E-state index contributed by atoms with van der Waals surface area (Å²) in [5.74, 6) is 0. The van der Waals surface area contributed by atoms with Crippen LogP contribution in [0, 0.1) is 10.8 Å². The molecular formula is C22H22. The third kappa shape index (κ3) is 1.23. The summed E-state index contributed by atoms with van der Waals surface area (Å²) in [5.41, 5.74) is 9.47. The van der Waals surface area contributed by atoms with Gasteiger partial charge in [0.25, 0.3) is 0 Å². The molecule has 22 heavy (non-hydrogen) atoms. The van der Waals surface area contributed by atoms with E-state index in [1.165, 1.54) is 42.4 Å². The van der Waals surface area contributed by atoms with Crippen LogP contribution in [0.25, 0.3) is 0 Å². The van der Waals surface area contributed by atoms with Crippen LogP contribution >= 0.6 is 0 Å². The molecule has 0 aromatic carbocycles. The Labute approximate surface area is 133 Å². The van der Waals surface area contributed by atoms with E-state index in [0.717, 1.165) is 0 Å². The van der Waals surface area contributed by atoms with Crippen molar-refractivity contribution in [2.45, 2.75) is 39.5 Å². The lowest BCUT2D eigenvalue weighted by Gasteiger charge is -2.57. The van der Waals surface area contributed by atoms with Crippen LogP contribution in [0.5, 0.6) is 0 Å². The summed E-state index contributed by atoms with van der Waals surface area (Å²) in [6.07, 6.45) is 24.1. The maximum absolute atomic E-state index is 2.52. The van der Waals surface area contributed by atoms with Crippen LogP contribution in [0.15, 0.2) is 82.0 Å². The molecule has 0 heteroatoms. The van der Waals surface area contributed by atoms with Crippen LogP contribution in [-0.2, 0) is 0 Å². The summed E-state index contributed by atoms with van der Waals surface area (Å²) in [6, 6.07) is 0. The van der Waals surface area contributed by atoms with Gasteiger partial charge in [0.1, 0.15) is 0 Å². The van der Waals surface area contributed by atoms with Gasteiger partial charge in [-0.2, -0.15) is 0 Å². The lowest BCUT2D eigenvalue weighted by molar-refractivity contribution is 0.245. The van der Waals surface area contributed by atoms with Gasteiger partial charge >= 0.3 is 0 Å². The minimum absolute atomic E-state index is 0.0857. The zero-order valence-electron chi connectivity index (χ0n) is 13.4. The molecule has 0 bridgehead atoms. The molecule has 0 aliphatic heterocycles. The first kappa shape index (κ1) is 12.7. The smallest absolute Gasteiger partial charge is 0.0312 e. The van der Waals surface area contributed by atoms with E-state index in [1.807, 2.05) is 0 Å². The lowest BCUT2D eigenvalue weighted by Crippen LogP contribution is -2.48. The van der Waals surface area contributed by atoms with E-state index in [9.17, 15) is 0 Å². The van der Waals surface area contributed by atoms with Crippen LogP contribution in [-0.4, -0.2) is 0 Å². The average molecular weight is 286 g/mol. The minimum atomic E-state index is 0.0857. The van der Waals surface area contributed by atoms with E-state index >= 15 is 0 Å². The van der Waals surface area contributed by atoms with Crippen molar-refractivity contribution in [3.63, 3.8) is 0 Å². The van der Waals surface area contributed by atoms with Gasteiger partial charge in [0.05, 0.1) is 0 Å². The summed E-state index contributed by atoms with van der Waals surface area (Å²) in [5, 5.41) is 0. The zero-order chi connectivity index (χ0) is 14.9. The van der Waals surface area contributed by atoms with Crippen molar-refractivity contribution >= 4 is 0 Å². The number of rotatable bonds is 0. The first-order chi connectivity index (χ1) is 10.7. The van der Waals surface area contributed by atoms with E-state index in [1.54, 1.807) is 16.7 Å². The first-order valence-corrected chi connectivity index (χ1v) is 8.60. The Hall–Kier alpha value is -1.82. The monoisotopic (exact) mass is 286 g/mol. The Morgan fingerprint density at radius 3 is 2.45 bits per heavy atom. The highest BCUT2D eigenvalue weighted by molar-refractivity contribution is 5.69. The molecule has 0 heterocycles. The molecule has 1 saturated carbocycles. The maximum atomic E-state index is 2.52.